The van der Waals surface area contributed by atoms with Crippen LogP contribution in [0.15, 0.2) is 54.6 Å². The van der Waals surface area contributed by atoms with Gasteiger partial charge in [-0.05, 0) is 67.1 Å². The second kappa shape index (κ2) is 8.07. The first-order valence-corrected chi connectivity index (χ1v) is 10.8. The fourth-order valence-electron chi connectivity index (χ4n) is 4.46. The van der Waals surface area contributed by atoms with Gasteiger partial charge in [-0.15, -0.1) is 10.2 Å². The molecule has 1 aliphatic heterocycles. The predicted molar refractivity (Wildman–Crippen MR) is 120 cm³/mol. The molecule has 5 heteroatoms. The number of piperidine rings is 1. The van der Waals surface area contributed by atoms with Gasteiger partial charge in [0.25, 0.3) is 0 Å². The van der Waals surface area contributed by atoms with Crippen LogP contribution in [0.4, 0.5) is 0 Å². The summed E-state index contributed by atoms with van der Waals surface area (Å²) in [5.74, 6) is 2.74. The van der Waals surface area contributed by atoms with E-state index in [2.05, 4.69) is 68.9 Å². The normalized spacial score (nSPS) is 15.8. The molecule has 3 heterocycles. The molecular formula is C25H28N4O. The van der Waals surface area contributed by atoms with Gasteiger partial charge in [0.2, 0.25) is 0 Å². The molecule has 0 unspecified atom stereocenters. The van der Waals surface area contributed by atoms with Gasteiger partial charge in [-0.1, -0.05) is 37.3 Å². The average molecular weight is 401 g/mol. The summed E-state index contributed by atoms with van der Waals surface area (Å²) in [6.45, 7) is 5.48. The van der Waals surface area contributed by atoms with Gasteiger partial charge in [-0.3, -0.25) is 9.30 Å². The van der Waals surface area contributed by atoms with Gasteiger partial charge in [0.15, 0.2) is 11.5 Å². The topological polar surface area (TPSA) is 42.7 Å². The van der Waals surface area contributed by atoms with Crippen LogP contribution in [-0.4, -0.2) is 39.7 Å². The highest BCUT2D eigenvalue weighted by Gasteiger charge is 2.20. The van der Waals surface area contributed by atoms with E-state index in [0.29, 0.717) is 0 Å². The van der Waals surface area contributed by atoms with Crippen molar-refractivity contribution in [1.29, 1.82) is 0 Å². The number of benzene rings is 2. The first kappa shape index (κ1) is 19.1. The number of hydrogen-bond acceptors (Lipinski definition) is 4. The molecule has 0 aliphatic carbocycles. The number of rotatable bonds is 5. The summed E-state index contributed by atoms with van der Waals surface area (Å²) in [7, 11) is 1.70. The molecule has 0 N–H and O–H groups in total. The van der Waals surface area contributed by atoms with Gasteiger partial charge in [-0.25, -0.2) is 0 Å². The zero-order valence-electron chi connectivity index (χ0n) is 17.7. The van der Waals surface area contributed by atoms with Gasteiger partial charge in [0, 0.05) is 12.0 Å². The van der Waals surface area contributed by atoms with E-state index in [1.54, 1.807) is 7.11 Å². The Kier molecular flexibility index (Phi) is 5.13. The van der Waals surface area contributed by atoms with Crippen LogP contribution in [0.2, 0.25) is 0 Å². The van der Waals surface area contributed by atoms with Crippen LogP contribution in [0.25, 0.3) is 16.6 Å². The minimum Gasteiger partial charge on any atom is -0.497 e. The smallest absolute Gasteiger partial charge is 0.164 e. The van der Waals surface area contributed by atoms with E-state index in [1.807, 2.05) is 12.1 Å². The van der Waals surface area contributed by atoms with Crippen LogP contribution in [0.5, 0.6) is 5.75 Å². The maximum absolute atomic E-state index is 5.30. The zero-order valence-corrected chi connectivity index (χ0v) is 17.7. The molecule has 2 aromatic carbocycles. The number of pyridine rings is 1. The van der Waals surface area contributed by atoms with E-state index >= 15 is 0 Å². The number of likely N-dealkylation sites (tertiary alicyclic amines) is 1. The Balaban J connectivity index is 1.55. The molecule has 0 atom stereocenters. The van der Waals surface area contributed by atoms with Gasteiger partial charge < -0.3 is 4.74 Å². The average Bonchev–Trinajstić information content (AvgIpc) is 3.20. The highest BCUT2D eigenvalue weighted by molar-refractivity contribution is 5.84. The Bertz CT molecular complexity index is 1160. The monoisotopic (exact) mass is 400 g/mol. The van der Waals surface area contributed by atoms with E-state index in [-0.39, 0.29) is 0 Å². The van der Waals surface area contributed by atoms with Crippen molar-refractivity contribution in [2.24, 2.45) is 5.92 Å². The van der Waals surface area contributed by atoms with Crippen molar-refractivity contribution < 1.29 is 4.74 Å². The zero-order chi connectivity index (χ0) is 20.5. The fourth-order valence-corrected chi connectivity index (χ4v) is 4.46. The Morgan fingerprint density at radius 3 is 2.53 bits per heavy atom. The molecule has 2 aromatic heterocycles. The molecule has 0 saturated carbocycles. The van der Waals surface area contributed by atoms with Crippen molar-refractivity contribution in [2.75, 3.05) is 20.2 Å². The molecule has 5 rings (SSSR count). The van der Waals surface area contributed by atoms with Crippen molar-refractivity contribution in [3.63, 3.8) is 0 Å². The standard InChI is InChI=1S/C25H28N4O/c1-18-11-13-28(14-12-18)17-24-26-27-25-21(15-19-7-9-22(30-2)10-8-19)16-20-5-3-4-6-23(20)29(24)25/h3-10,16,18H,11-15,17H2,1-2H3. The van der Waals surface area contributed by atoms with Crippen LogP contribution in [0.1, 0.15) is 36.7 Å². The third-order valence-corrected chi connectivity index (χ3v) is 6.32. The summed E-state index contributed by atoms with van der Waals surface area (Å²) < 4.78 is 7.57. The molecule has 154 valence electrons. The lowest BCUT2D eigenvalue weighted by molar-refractivity contribution is 0.181. The summed E-state index contributed by atoms with van der Waals surface area (Å²) in [4.78, 5) is 2.52. The number of aromatic nitrogens is 3. The largest absolute Gasteiger partial charge is 0.497 e. The third kappa shape index (κ3) is 3.65. The van der Waals surface area contributed by atoms with Crippen LogP contribution in [0.3, 0.4) is 0 Å². The lowest BCUT2D eigenvalue weighted by Crippen LogP contribution is -2.33. The maximum atomic E-state index is 5.30. The highest BCUT2D eigenvalue weighted by Crippen LogP contribution is 2.25. The minimum atomic E-state index is 0.817. The SMILES string of the molecule is COc1ccc(Cc2cc3ccccc3n3c(CN4CCC(C)CC4)nnc23)cc1. The second-order valence-corrected chi connectivity index (χ2v) is 8.49. The van der Waals surface area contributed by atoms with E-state index in [0.717, 1.165) is 49.2 Å². The quantitative estimate of drug-likeness (QED) is 0.486. The number of hydrogen-bond donors (Lipinski definition) is 0. The van der Waals surface area contributed by atoms with Crippen molar-refractivity contribution in [1.82, 2.24) is 19.5 Å². The van der Waals surface area contributed by atoms with Crippen molar-refractivity contribution in [3.05, 3.63) is 71.5 Å². The summed E-state index contributed by atoms with van der Waals surface area (Å²) in [5, 5.41) is 10.5. The maximum Gasteiger partial charge on any atom is 0.164 e. The number of nitrogens with zero attached hydrogens (tertiary/aromatic N) is 4. The molecule has 0 spiro atoms. The Morgan fingerprint density at radius 1 is 1.00 bits per heavy atom. The molecule has 1 aliphatic rings. The van der Waals surface area contributed by atoms with Gasteiger partial charge in [-0.2, -0.15) is 0 Å². The van der Waals surface area contributed by atoms with Crippen LogP contribution in [-0.2, 0) is 13.0 Å². The van der Waals surface area contributed by atoms with Gasteiger partial charge >= 0.3 is 0 Å². The van der Waals surface area contributed by atoms with Crippen molar-refractivity contribution in [2.45, 2.75) is 32.7 Å². The van der Waals surface area contributed by atoms with Crippen LogP contribution >= 0.6 is 0 Å². The van der Waals surface area contributed by atoms with Gasteiger partial charge in [0.05, 0.1) is 19.2 Å². The molecule has 5 nitrogen and oxygen atoms in total. The molecule has 1 fully saturated rings. The van der Waals surface area contributed by atoms with E-state index in [9.17, 15) is 0 Å². The fraction of sp³-hybridized carbons (Fsp3) is 0.360. The number of ether oxygens (including phenoxy) is 1. The summed E-state index contributed by atoms with van der Waals surface area (Å²) in [5.41, 5.74) is 4.58. The Labute approximate surface area is 177 Å². The van der Waals surface area contributed by atoms with Crippen LogP contribution < -0.4 is 4.74 Å². The predicted octanol–water partition coefficient (Wildman–Crippen LogP) is 4.71. The lowest BCUT2D eigenvalue weighted by Gasteiger charge is -2.29. The number of methoxy groups -OCH3 is 1. The van der Waals surface area contributed by atoms with Crippen molar-refractivity contribution in [3.8, 4) is 5.75 Å². The number of fused-ring (bicyclic) bond motifs is 3. The molecule has 0 bridgehead atoms. The molecule has 0 radical (unpaired) electrons. The molecule has 0 amide bonds. The van der Waals surface area contributed by atoms with Crippen molar-refractivity contribution >= 4 is 16.6 Å². The van der Waals surface area contributed by atoms with Crippen LogP contribution in [0, 0.1) is 5.92 Å². The minimum absolute atomic E-state index is 0.817. The lowest BCUT2D eigenvalue weighted by atomic mass is 9.99. The summed E-state index contributed by atoms with van der Waals surface area (Å²) in [6, 6.07) is 19.1. The molecular weight excluding hydrogens is 372 g/mol. The molecule has 4 aromatic rings. The first-order valence-electron chi connectivity index (χ1n) is 10.8. The second-order valence-electron chi connectivity index (χ2n) is 8.49. The van der Waals surface area contributed by atoms with Gasteiger partial charge in [0.1, 0.15) is 5.75 Å². The third-order valence-electron chi connectivity index (χ3n) is 6.32. The highest BCUT2D eigenvalue weighted by atomic mass is 16.5. The first-order chi connectivity index (χ1) is 14.7. The summed E-state index contributed by atoms with van der Waals surface area (Å²) >= 11 is 0. The number of para-hydroxylation sites is 1. The van der Waals surface area contributed by atoms with E-state index in [4.69, 9.17) is 4.74 Å². The summed E-state index contributed by atoms with van der Waals surface area (Å²) in [6.07, 6.45) is 3.35. The Hall–Kier alpha value is -2.92. The Morgan fingerprint density at radius 2 is 1.77 bits per heavy atom. The van der Waals surface area contributed by atoms with E-state index < -0.39 is 0 Å². The molecule has 1 saturated heterocycles. The molecule has 30 heavy (non-hydrogen) atoms. The van der Waals surface area contributed by atoms with E-state index in [1.165, 1.54) is 34.9 Å².